The van der Waals surface area contributed by atoms with Crippen LogP contribution in [-0.4, -0.2) is 51.5 Å². The van der Waals surface area contributed by atoms with Gasteiger partial charge in [-0.05, 0) is 86.7 Å². The highest BCUT2D eigenvalue weighted by molar-refractivity contribution is 7.89. The average molecular weight is 489 g/mol. The van der Waals surface area contributed by atoms with Crippen molar-refractivity contribution >= 4 is 15.9 Å². The van der Waals surface area contributed by atoms with E-state index in [-0.39, 0.29) is 16.7 Å². The van der Waals surface area contributed by atoms with Crippen molar-refractivity contribution in [2.24, 2.45) is 29.1 Å². The van der Waals surface area contributed by atoms with Crippen molar-refractivity contribution < 1.29 is 22.7 Å². The minimum atomic E-state index is -3.63. The molecule has 2 aliphatic heterocycles. The lowest BCUT2D eigenvalue weighted by atomic mass is 9.49. The first kappa shape index (κ1) is 22.7. The molecule has 4 aliphatic carbocycles. The first-order valence-electron chi connectivity index (χ1n) is 13.1. The van der Waals surface area contributed by atoms with Crippen LogP contribution in [0.15, 0.2) is 23.1 Å². The highest BCUT2D eigenvalue weighted by Gasteiger charge is 2.51. The maximum atomic E-state index is 13.2. The molecule has 0 unspecified atom stereocenters. The number of piperidine rings is 1. The number of nitrogens with zero attached hydrogens (tertiary/aromatic N) is 1. The predicted molar refractivity (Wildman–Crippen MR) is 127 cm³/mol. The molecule has 4 bridgehead atoms. The van der Waals surface area contributed by atoms with Gasteiger partial charge in [-0.1, -0.05) is 0 Å². The lowest BCUT2D eigenvalue weighted by Gasteiger charge is -2.57. The van der Waals surface area contributed by atoms with Gasteiger partial charge in [0.2, 0.25) is 15.9 Å². The van der Waals surface area contributed by atoms with E-state index in [1.165, 1.54) is 42.8 Å². The van der Waals surface area contributed by atoms with Gasteiger partial charge >= 0.3 is 0 Å². The van der Waals surface area contributed by atoms with Crippen molar-refractivity contribution in [2.75, 3.05) is 32.8 Å². The molecule has 2 heterocycles. The molecule has 1 N–H and O–H groups in total. The fourth-order valence-corrected chi connectivity index (χ4v) is 9.22. The van der Waals surface area contributed by atoms with Crippen molar-refractivity contribution in [3.05, 3.63) is 18.2 Å². The van der Waals surface area contributed by atoms with Crippen LogP contribution in [0, 0.1) is 29.1 Å². The van der Waals surface area contributed by atoms with Gasteiger partial charge in [0.1, 0.15) is 0 Å². The Hall–Kier alpha value is -1.80. The van der Waals surface area contributed by atoms with E-state index in [4.69, 9.17) is 9.47 Å². The Morgan fingerprint density at radius 2 is 1.59 bits per heavy atom. The standard InChI is InChI=1S/C26H36N2O5S/c29-25(27-17-26-14-18-10-19(15-26)12-20(11-18)16-26)21-4-6-28(7-5-21)34(30,31)22-2-3-23-24(13-22)33-9-1-8-32-23/h2-3,13,18-21H,1,4-12,14-17H2,(H,27,29). The van der Waals surface area contributed by atoms with Gasteiger partial charge in [-0.25, -0.2) is 8.42 Å². The molecule has 0 spiro atoms. The summed E-state index contributed by atoms with van der Waals surface area (Å²) < 4.78 is 39.3. The van der Waals surface area contributed by atoms with Crippen LogP contribution in [0.25, 0.3) is 0 Å². The van der Waals surface area contributed by atoms with Crippen LogP contribution in [0.4, 0.5) is 0 Å². The average Bonchev–Trinajstić information content (AvgIpc) is 3.07. The number of sulfonamides is 1. The Balaban J connectivity index is 1.05. The lowest BCUT2D eigenvalue weighted by molar-refractivity contribution is -0.128. The van der Waals surface area contributed by atoms with E-state index in [9.17, 15) is 13.2 Å². The van der Waals surface area contributed by atoms with Gasteiger partial charge in [-0.15, -0.1) is 0 Å². The number of carbonyl (C=O) groups is 1. The third kappa shape index (κ3) is 4.21. The maximum absolute atomic E-state index is 13.2. The first-order chi connectivity index (χ1) is 16.4. The summed E-state index contributed by atoms with van der Waals surface area (Å²) in [6.07, 6.45) is 9.97. The predicted octanol–water partition coefficient (Wildman–Crippen LogP) is 3.58. The molecule has 5 fully saturated rings. The van der Waals surface area contributed by atoms with Crippen LogP contribution in [-0.2, 0) is 14.8 Å². The van der Waals surface area contributed by atoms with Crippen molar-refractivity contribution in [1.82, 2.24) is 9.62 Å². The summed E-state index contributed by atoms with van der Waals surface area (Å²) in [5.74, 6) is 3.71. The number of carbonyl (C=O) groups excluding carboxylic acids is 1. The van der Waals surface area contributed by atoms with E-state index in [0.717, 1.165) is 30.7 Å². The highest BCUT2D eigenvalue weighted by atomic mass is 32.2. The number of hydrogen-bond acceptors (Lipinski definition) is 5. The van der Waals surface area contributed by atoms with E-state index >= 15 is 0 Å². The van der Waals surface area contributed by atoms with Gasteiger partial charge < -0.3 is 14.8 Å². The van der Waals surface area contributed by atoms with Crippen molar-refractivity contribution in [3.8, 4) is 11.5 Å². The Kier molecular flexibility index (Phi) is 5.79. The van der Waals surface area contributed by atoms with Gasteiger partial charge in [0.05, 0.1) is 18.1 Å². The topological polar surface area (TPSA) is 84.9 Å². The van der Waals surface area contributed by atoms with Crippen molar-refractivity contribution in [3.63, 3.8) is 0 Å². The number of nitrogens with one attached hydrogen (secondary N) is 1. The number of benzene rings is 1. The van der Waals surface area contributed by atoms with E-state index in [0.29, 0.717) is 56.1 Å². The molecule has 4 saturated carbocycles. The fourth-order valence-electron chi connectivity index (χ4n) is 7.74. The van der Waals surface area contributed by atoms with Gasteiger partial charge in [-0.3, -0.25) is 4.79 Å². The van der Waals surface area contributed by atoms with Gasteiger partial charge in [0.25, 0.3) is 0 Å². The van der Waals surface area contributed by atoms with Gasteiger partial charge in [0.15, 0.2) is 11.5 Å². The molecule has 7 rings (SSSR count). The third-order valence-corrected chi connectivity index (χ3v) is 10.9. The number of fused-ring (bicyclic) bond motifs is 1. The van der Waals surface area contributed by atoms with Gasteiger partial charge in [-0.2, -0.15) is 4.31 Å². The molecule has 6 aliphatic rings. The van der Waals surface area contributed by atoms with Crippen LogP contribution in [0.5, 0.6) is 11.5 Å². The fraction of sp³-hybridized carbons (Fsp3) is 0.731. The van der Waals surface area contributed by atoms with E-state index in [1.54, 1.807) is 18.2 Å². The second-order valence-electron chi connectivity index (χ2n) is 11.5. The SMILES string of the molecule is O=C(NCC12CC3CC(CC(C3)C1)C2)C1CCN(S(=O)(=O)c2ccc3c(c2)OCCCO3)CC1. The van der Waals surface area contributed by atoms with Crippen LogP contribution in [0.3, 0.4) is 0 Å². The third-order valence-electron chi connectivity index (χ3n) is 8.98. The van der Waals surface area contributed by atoms with Crippen LogP contribution in [0.1, 0.15) is 57.8 Å². The first-order valence-corrected chi connectivity index (χ1v) is 14.5. The summed E-state index contributed by atoms with van der Waals surface area (Å²) in [6.45, 7) is 2.63. The number of amides is 1. The zero-order valence-electron chi connectivity index (χ0n) is 19.8. The van der Waals surface area contributed by atoms with Crippen molar-refractivity contribution in [1.29, 1.82) is 0 Å². The molecular formula is C26H36N2O5S. The summed E-state index contributed by atoms with van der Waals surface area (Å²) in [5, 5.41) is 3.30. The summed E-state index contributed by atoms with van der Waals surface area (Å²) in [4.78, 5) is 13.2. The smallest absolute Gasteiger partial charge is 0.243 e. The molecule has 7 nitrogen and oxygen atoms in total. The Bertz CT molecular complexity index is 1010. The summed E-state index contributed by atoms with van der Waals surface area (Å²) in [5.41, 5.74) is 0.325. The zero-order chi connectivity index (χ0) is 23.3. The summed E-state index contributed by atoms with van der Waals surface area (Å²) in [6, 6.07) is 4.84. The minimum absolute atomic E-state index is 0.107. The van der Waals surface area contributed by atoms with E-state index < -0.39 is 10.0 Å². The summed E-state index contributed by atoms with van der Waals surface area (Å²) >= 11 is 0. The van der Waals surface area contributed by atoms with E-state index in [1.807, 2.05) is 0 Å². The molecule has 1 saturated heterocycles. The number of rotatable bonds is 5. The Labute approximate surface area is 202 Å². The molecule has 1 aromatic rings. The molecule has 1 amide bonds. The van der Waals surface area contributed by atoms with Crippen LogP contribution in [0.2, 0.25) is 0 Å². The Morgan fingerprint density at radius 3 is 2.24 bits per heavy atom. The molecular weight excluding hydrogens is 452 g/mol. The van der Waals surface area contributed by atoms with Crippen LogP contribution < -0.4 is 14.8 Å². The highest BCUT2D eigenvalue weighted by Crippen LogP contribution is 2.59. The van der Waals surface area contributed by atoms with E-state index in [2.05, 4.69) is 5.32 Å². The van der Waals surface area contributed by atoms with Crippen LogP contribution >= 0.6 is 0 Å². The monoisotopic (exact) mass is 488 g/mol. The van der Waals surface area contributed by atoms with Crippen molar-refractivity contribution in [2.45, 2.75) is 62.7 Å². The molecule has 34 heavy (non-hydrogen) atoms. The van der Waals surface area contributed by atoms with Gasteiger partial charge in [0, 0.05) is 38.0 Å². The Morgan fingerprint density at radius 1 is 0.971 bits per heavy atom. The molecule has 0 aromatic heterocycles. The largest absolute Gasteiger partial charge is 0.490 e. The number of hydrogen-bond donors (Lipinski definition) is 1. The summed E-state index contributed by atoms with van der Waals surface area (Å²) in [7, 11) is -3.63. The molecule has 1 aromatic carbocycles. The molecule has 186 valence electrons. The number of ether oxygens (including phenoxy) is 2. The molecule has 8 heteroatoms. The molecule has 0 radical (unpaired) electrons. The second-order valence-corrected chi connectivity index (χ2v) is 13.4. The second kappa shape index (κ2) is 8.70. The minimum Gasteiger partial charge on any atom is -0.490 e. The lowest BCUT2D eigenvalue weighted by Crippen LogP contribution is -2.52. The molecule has 0 atom stereocenters. The maximum Gasteiger partial charge on any atom is 0.243 e. The normalized spacial score (nSPS) is 33.5. The zero-order valence-corrected chi connectivity index (χ0v) is 20.7. The quantitative estimate of drug-likeness (QED) is 0.685.